The monoisotopic (exact) mass is 534 g/mol. The molecule has 2 atom stereocenters. The van der Waals surface area contributed by atoms with Crippen molar-refractivity contribution in [3.63, 3.8) is 0 Å². The normalized spacial score (nSPS) is 26.7. The predicted molar refractivity (Wildman–Crippen MR) is 149 cm³/mol. The number of rotatable bonds is 14. The lowest BCUT2D eigenvalue weighted by Crippen LogP contribution is -2.35. The van der Waals surface area contributed by atoms with E-state index in [-0.39, 0.29) is 0 Å². The summed E-state index contributed by atoms with van der Waals surface area (Å²) in [6, 6.07) is 0. The van der Waals surface area contributed by atoms with E-state index in [0.717, 1.165) is 31.5 Å². The molecular weight excluding hydrogens is 505 g/mol. The van der Waals surface area contributed by atoms with Crippen LogP contribution in [0.1, 0.15) is 0 Å². The molecule has 0 aliphatic carbocycles. The minimum atomic E-state index is 0.868. The van der Waals surface area contributed by atoms with Crippen molar-refractivity contribution >= 4 is 106 Å². The van der Waals surface area contributed by atoms with Gasteiger partial charge in [-0.3, -0.25) is 0 Å². The van der Waals surface area contributed by atoms with Crippen molar-refractivity contribution in [3.05, 3.63) is 0 Å². The summed E-state index contributed by atoms with van der Waals surface area (Å²) in [5.74, 6) is 16.8. The molecule has 0 N–H and O–H groups in total. The van der Waals surface area contributed by atoms with Gasteiger partial charge in [-0.05, 0) is 0 Å². The van der Waals surface area contributed by atoms with E-state index in [1.165, 1.54) is 69.0 Å². The molecule has 0 amide bonds. The van der Waals surface area contributed by atoms with E-state index in [1.807, 2.05) is 0 Å². The van der Waals surface area contributed by atoms with Crippen molar-refractivity contribution in [1.82, 2.24) is 0 Å². The van der Waals surface area contributed by atoms with Gasteiger partial charge in [0.05, 0.1) is 0 Å². The SMILES string of the molecule is C(CSC(CSC1CSC1)C(CSC1CSC1)SC1CSC1)SC1CSC1. The van der Waals surface area contributed by atoms with Gasteiger partial charge < -0.3 is 0 Å². The Morgan fingerprint density at radius 1 is 0.556 bits per heavy atom. The van der Waals surface area contributed by atoms with Crippen molar-refractivity contribution in [3.8, 4) is 0 Å². The molecule has 0 bridgehead atoms. The maximum absolute atomic E-state index is 2.38. The van der Waals surface area contributed by atoms with Crippen LogP contribution in [0, 0.1) is 0 Å². The van der Waals surface area contributed by atoms with Crippen molar-refractivity contribution in [2.24, 2.45) is 0 Å². The molecule has 0 saturated carbocycles. The molecule has 4 fully saturated rings. The molecule has 0 aromatic carbocycles. The molecule has 156 valence electrons. The third-order valence-electron chi connectivity index (χ3n) is 4.97. The van der Waals surface area contributed by atoms with E-state index in [9.17, 15) is 0 Å². The fourth-order valence-corrected chi connectivity index (χ4v) is 15.5. The molecule has 9 heteroatoms. The Morgan fingerprint density at radius 2 is 1.04 bits per heavy atom. The summed E-state index contributed by atoms with van der Waals surface area (Å²) >= 11 is 20.1. The summed E-state index contributed by atoms with van der Waals surface area (Å²) < 4.78 is 0. The third kappa shape index (κ3) is 7.90. The van der Waals surface area contributed by atoms with E-state index in [1.54, 1.807) is 0 Å². The smallest absolute Gasteiger partial charge is 0.0268 e. The summed E-state index contributed by atoms with van der Waals surface area (Å²) in [6.45, 7) is 0. The van der Waals surface area contributed by atoms with Crippen LogP contribution in [0.3, 0.4) is 0 Å². The van der Waals surface area contributed by atoms with Gasteiger partial charge in [0.15, 0.2) is 0 Å². The van der Waals surface area contributed by atoms with Crippen LogP contribution in [-0.2, 0) is 0 Å². The average Bonchev–Trinajstić information content (AvgIpc) is 2.49. The molecule has 0 aromatic rings. The van der Waals surface area contributed by atoms with Gasteiger partial charge in [-0.1, -0.05) is 0 Å². The lowest BCUT2D eigenvalue weighted by Gasteiger charge is -2.35. The zero-order valence-electron chi connectivity index (χ0n) is 15.6. The standard InChI is InChI=1S/C18H30S9/c1(23-13-3-19-4-13)2-24-17(11-25-14-5-20-6-14)18(27-16-9-22-10-16)12-26-15-7-21-8-15/h13-18H,1-12H2. The minimum absolute atomic E-state index is 0.868. The Balaban J connectivity index is 1.25. The van der Waals surface area contributed by atoms with Crippen molar-refractivity contribution < 1.29 is 0 Å². The van der Waals surface area contributed by atoms with Crippen LogP contribution in [-0.4, -0.2) is 101 Å². The molecule has 2 unspecified atom stereocenters. The van der Waals surface area contributed by atoms with Gasteiger partial charge in [0.2, 0.25) is 0 Å². The Bertz CT molecular complexity index is 421. The van der Waals surface area contributed by atoms with Crippen molar-refractivity contribution in [2.45, 2.75) is 31.5 Å². The number of hydrogen-bond donors (Lipinski definition) is 0. The molecule has 4 rings (SSSR count). The van der Waals surface area contributed by atoms with Gasteiger partial charge in [-0.2, -0.15) is 106 Å². The summed E-state index contributed by atoms with van der Waals surface area (Å²) in [7, 11) is 0. The Kier molecular flexibility index (Phi) is 11.2. The Morgan fingerprint density at radius 3 is 1.52 bits per heavy atom. The molecule has 4 heterocycles. The zero-order valence-corrected chi connectivity index (χ0v) is 23.0. The summed E-state index contributed by atoms with van der Waals surface area (Å²) in [6.07, 6.45) is 0. The second kappa shape index (κ2) is 13.0. The third-order valence-corrected chi connectivity index (χ3v) is 19.5. The van der Waals surface area contributed by atoms with Crippen LogP contribution in [0.5, 0.6) is 0 Å². The highest BCUT2D eigenvalue weighted by Gasteiger charge is 2.32. The van der Waals surface area contributed by atoms with E-state index in [4.69, 9.17) is 0 Å². The first-order valence-corrected chi connectivity index (χ1v) is 19.6. The van der Waals surface area contributed by atoms with Crippen molar-refractivity contribution in [2.75, 3.05) is 69.0 Å². The average molecular weight is 535 g/mol. The largest absolute Gasteiger partial charge is 0.160 e. The van der Waals surface area contributed by atoms with Crippen LogP contribution in [0.25, 0.3) is 0 Å². The van der Waals surface area contributed by atoms with Crippen LogP contribution in [0.15, 0.2) is 0 Å². The van der Waals surface area contributed by atoms with Crippen LogP contribution in [0.2, 0.25) is 0 Å². The van der Waals surface area contributed by atoms with Crippen LogP contribution >= 0.6 is 106 Å². The minimum Gasteiger partial charge on any atom is -0.160 e. The van der Waals surface area contributed by atoms with E-state index in [2.05, 4.69) is 106 Å². The maximum Gasteiger partial charge on any atom is 0.0268 e. The molecule has 4 saturated heterocycles. The lowest BCUT2D eigenvalue weighted by atomic mass is 10.3. The molecule has 4 aliphatic heterocycles. The highest BCUT2D eigenvalue weighted by Crippen LogP contribution is 2.42. The fraction of sp³-hybridized carbons (Fsp3) is 1.00. The molecular formula is C18H30S9. The highest BCUT2D eigenvalue weighted by molar-refractivity contribution is 8.11. The Hall–Kier alpha value is 3.15. The highest BCUT2D eigenvalue weighted by atomic mass is 32.2. The maximum atomic E-state index is 2.38. The fourth-order valence-electron chi connectivity index (χ4n) is 2.84. The van der Waals surface area contributed by atoms with Crippen LogP contribution < -0.4 is 0 Å². The zero-order chi connectivity index (χ0) is 18.3. The van der Waals surface area contributed by atoms with Gasteiger partial charge in [-0.25, -0.2) is 0 Å². The summed E-state index contributed by atoms with van der Waals surface area (Å²) in [4.78, 5) is 0. The molecule has 4 aliphatic rings. The lowest BCUT2D eigenvalue weighted by molar-refractivity contribution is 0.922. The van der Waals surface area contributed by atoms with E-state index in [0.29, 0.717) is 0 Å². The second-order valence-electron chi connectivity index (χ2n) is 7.26. The van der Waals surface area contributed by atoms with Crippen molar-refractivity contribution in [1.29, 1.82) is 0 Å². The predicted octanol–water partition coefficient (Wildman–Crippen LogP) is 5.85. The summed E-state index contributed by atoms with van der Waals surface area (Å²) in [5.41, 5.74) is 0. The molecule has 0 aromatic heterocycles. The van der Waals surface area contributed by atoms with Gasteiger partial charge >= 0.3 is 0 Å². The molecule has 0 spiro atoms. The van der Waals surface area contributed by atoms with Gasteiger partial charge in [0.1, 0.15) is 0 Å². The van der Waals surface area contributed by atoms with E-state index < -0.39 is 0 Å². The quantitative estimate of drug-likeness (QED) is 0.249. The van der Waals surface area contributed by atoms with E-state index >= 15 is 0 Å². The first-order valence-electron chi connectivity index (χ1n) is 9.79. The Labute approximate surface area is 204 Å². The number of thioether (sulfide) groups is 9. The molecule has 0 nitrogen and oxygen atoms in total. The first kappa shape index (κ1) is 23.3. The van der Waals surface area contributed by atoms with Crippen LogP contribution in [0.4, 0.5) is 0 Å². The summed E-state index contributed by atoms with van der Waals surface area (Å²) in [5, 5.41) is 5.58. The van der Waals surface area contributed by atoms with Gasteiger partial charge in [0.25, 0.3) is 0 Å². The van der Waals surface area contributed by atoms with Gasteiger partial charge in [0, 0.05) is 101 Å². The number of hydrogen-bond acceptors (Lipinski definition) is 9. The molecule has 0 radical (unpaired) electrons. The topological polar surface area (TPSA) is 0 Å². The first-order chi connectivity index (χ1) is 13.4. The molecule has 27 heavy (non-hydrogen) atoms. The van der Waals surface area contributed by atoms with Gasteiger partial charge in [-0.15, -0.1) is 0 Å². The second-order valence-corrected chi connectivity index (χ2v) is 18.5.